The Morgan fingerprint density at radius 3 is 2.54 bits per heavy atom. The average molecular weight is 326 g/mol. The lowest BCUT2D eigenvalue weighted by atomic mass is 10.1. The molecule has 4 heteroatoms. The molecule has 24 heavy (non-hydrogen) atoms. The number of hydrogen-bond acceptors (Lipinski definition) is 2. The van der Waals surface area contributed by atoms with Gasteiger partial charge in [-0.2, -0.15) is 0 Å². The first-order valence-electron chi connectivity index (χ1n) is 8.34. The van der Waals surface area contributed by atoms with E-state index in [4.69, 9.17) is 0 Å². The molecule has 1 aliphatic heterocycles. The molecular formula is C20H26N2O2. The minimum Gasteiger partial charge on any atom is -0.326 e. The van der Waals surface area contributed by atoms with Crippen molar-refractivity contribution in [3.8, 4) is 0 Å². The van der Waals surface area contributed by atoms with Crippen molar-refractivity contribution in [2.75, 3.05) is 25.0 Å². The Balaban J connectivity index is 2.12. The van der Waals surface area contributed by atoms with Gasteiger partial charge in [0.05, 0.1) is 11.3 Å². The van der Waals surface area contributed by atoms with E-state index in [1.165, 1.54) is 11.1 Å². The zero-order valence-corrected chi connectivity index (χ0v) is 15.0. The van der Waals surface area contributed by atoms with Crippen LogP contribution in [0.15, 0.2) is 47.6 Å². The van der Waals surface area contributed by atoms with Crippen molar-refractivity contribution < 1.29 is 9.59 Å². The normalized spacial score (nSPS) is 15.2. The number of carbonyl (C=O) groups excluding carboxylic acids is 2. The van der Waals surface area contributed by atoms with Gasteiger partial charge >= 0.3 is 0 Å². The number of rotatable bonds is 5. The van der Waals surface area contributed by atoms with Crippen LogP contribution in [0.3, 0.4) is 0 Å². The highest BCUT2D eigenvalue weighted by Gasteiger charge is 2.28. The summed E-state index contributed by atoms with van der Waals surface area (Å²) in [6.07, 6.45) is 6.24. The standard InChI is InChI=1S/C20H26N2O2/c1-15(2)8-7-9-16(3)12-13-22-14-19(23)21(4)18-11-6-5-10-17(18)20(22)24/h5-6,8,10-12H,7,9,13-14H2,1-4H3/b16-12+. The summed E-state index contributed by atoms with van der Waals surface area (Å²) in [4.78, 5) is 28.3. The van der Waals surface area contributed by atoms with E-state index >= 15 is 0 Å². The summed E-state index contributed by atoms with van der Waals surface area (Å²) in [6, 6.07) is 7.28. The second-order valence-electron chi connectivity index (χ2n) is 6.53. The van der Waals surface area contributed by atoms with Crippen LogP contribution in [0.5, 0.6) is 0 Å². The Bertz CT molecular complexity index is 685. The van der Waals surface area contributed by atoms with Crippen LogP contribution in [-0.4, -0.2) is 36.9 Å². The van der Waals surface area contributed by atoms with Gasteiger partial charge in [-0.25, -0.2) is 0 Å². The van der Waals surface area contributed by atoms with Crippen molar-refractivity contribution in [3.63, 3.8) is 0 Å². The van der Waals surface area contributed by atoms with Crippen LogP contribution in [0.4, 0.5) is 5.69 Å². The topological polar surface area (TPSA) is 40.6 Å². The van der Waals surface area contributed by atoms with Gasteiger partial charge in [0.25, 0.3) is 5.91 Å². The highest BCUT2D eigenvalue weighted by atomic mass is 16.2. The first-order valence-corrected chi connectivity index (χ1v) is 8.34. The summed E-state index contributed by atoms with van der Waals surface area (Å²) in [5, 5.41) is 0. The summed E-state index contributed by atoms with van der Waals surface area (Å²) in [5.41, 5.74) is 3.81. The molecular weight excluding hydrogens is 300 g/mol. The molecule has 0 saturated heterocycles. The van der Waals surface area contributed by atoms with Crippen LogP contribution < -0.4 is 4.90 Å². The predicted molar refractivity (Wildman–Crippen MR) is 98.2 cm³/mol. The number of allylic oxidation sites excluding steroid dienone is 3. The van der Waals surface area contributed by atoms with Crippen LogP contribution in [0.2, 0.25) is 0 Å². The third kappa shape index (κ3) is 4.34. The van der Waals surface area contributed by atoms with Crippen molar-refractivity contribution >= 4 is 17.5 Å². The molecule has 0 saturated carbocycles. The third-order valence-corrected chi connectivity index (χ3v) is 4.23. The van der Waals surface area contributed by atoms with Gasteiger partial charge in [0, 0.05) is 13.6 Å². The van der Waals surface area contributed by atoms with Gasteiger partial charge in [0.1, 0.15) is 6.54 Å². The SMILES string of the molecule is CC(C)=CCC/C(C)=C/CN1CC(=O)N(C)c2ccccc2C1=O. The molecule has 2 rings (SSSR count). The zero-order chi connectivity index (χ0) is 17.7. The molecule has 1 heterocycles. The Labute approximate surface area is 144 Å². The highest BCUT2D eigenvalue weighted by molar-refractivity contribution is 6.09. The van der Waals surface area contributed by atoms with Crippen molar-refractivity contribution in [3.05, 3.63) is 53.1 Å². The van der Waals surface area contributed by atoms with Gasteiger partial charge in [-0.05, 0) is 45.7 Å². The van der Waals surface area contributed by atoms with Crippen molar-refractivity contribution in [2.24, 2.45) is 0 Å². The van der Waals surface area contributed by atoms with E-state index in [1.54, 1.807) is 22.9 Å². The quantitative estimate of drug-likeness (QED) is 0.772. The van der Waals surface area contributed by atoms with E-state index in [0.29, 0.717) is 17.8 Å². The Morgan fingerprint density at radius 2 is 1.83 bits per heavy atom. The second-order valence-corrected chi connectivity index (χ2v) is 6.53. The first-order chi connectivity index (χ1) is 11.4. The Hall–Kier alpha value is -2.36. The molecule has 0 radical (unpaired) electrons. The number of anilines is 1. The fraction of sp³-hybridized carbons (Fsp3) is 0.400. The van der Waals surface area contributed by atoms with Crippen LogP contribution >= 0.6 is 0 Å². The number of likely N-dealkylation sites (N-methyl/N-ethyl adjacent to an activating group) is 1. The van der Waals surface area contributed by atoms with E-state index in [-0.39, 0.29) is 18.4 Å². The number of para-hydroxylation sites is 1. The van der Waals surface area contributed by atoms with E-state index in [9.17, 15) is 9.59 Å². The molecule has 0 fully saturated rings. The third-order valence-electron chi connectivity index (χ3n) is 4.23. The number of hydrogen-bond donors (Lipinski definition) is 0. The number of benzene rings is 1. The molecule has 1 aromatic carbocycles. The molecule has 2 amide bonds. The lowest BCUT2D eigenvalue weighted by molar-refractivity contribution is -0.118. The highest BCUT2D eigenvalue weighted by Crippen LogP contribution is 2.24. The van der Waals surface area contributed by atoms with Crippen LogP contribution in [-0.2, 0) is 4.79 Å². The number of carbonyl (C=O) groups is 2. The number of fused-ring (bicyclic) bond motifs is 1. The monoisotopic (exact) mass is 326 g/mol. The summed E-state index contributed by atoms with van der Waals surface area (Å²) in [5.74, 6) is -0.152. The summed E-state index contributed by atoms with van der Waals surface area (Å²) >= 11 is 0. The molecule has 0 aromatic heterocycles. The molecule has 128 valence electrons. The average Bonchev–Trinajstić information content (AvgIpc) is 2.64. The predicted octanol–water partition coefficient (Wildman–Crippen LogP) is 3.80. The molecule has 0 unspecified atom stereocenters. The van der Waals surface area contributed by atoms with Crippen LogP contribution in [0, 0.1) is 0 Å². The van der Waals surface area contributed by atoms with E-state index in [1.807, 2.05) is 18.2 Å². The summed E-state index contributed by atoms with van der Waals surface area (Å²) in [7, 11) is 1.72. The smallest absolute Gasteiger partial charge is 0.256 e. The molecule has 1 aromatic rings. The molecule has 0 spiro atoms. The lowest BCUT2D eigenvalue weighted by Gasteiger charge is -2.18. The number of amides is 2. The Morgan fingerprint density at radius 1 is 1.12 bits per heavy atom. The van der Waals surface area contributed by atoms with E-state index < -0.39 is 0 Å². The maximum absolute atomic E-state index is 12.8. The van der Waals surface area contributed by atoms with Crippen molar-refractivity contribution in [1.82, 2.24) is 4.90 Å². The summed E-state index contributed by atoms with van der Waals surface area (Å²) < 4.78 is 0. The van der Waals surface area contributed by atoms with Crippen LogP contribution in [0.25, 0.3) is 0 Å². The maximum Gasteiger partial charge on any atom is 0.256 e. The fourth-order valence-corrected chi connectivity index (χ4v) is 2.70. The van der Waals surface area contributed by atoms with E-state index in [0.717, 1.165) is 12.8 Å². The van der Waals surface area contributed by atoms with Gasteiger partial charge in [-0.15, -0.1) is 0 Å². The lowest BCUT2D eigenvalue weighted by Crippen LogP contribution is -2.37. The minimum absolute atomic E-state index is 0.0658. The zero-order valence-electron chi connectivity index (χ0n) is 15.0. The first kappa shape index (κ1) is 18.0. The molecule has 0 N–H and O–H groups in total. The molecule has 0 bridgehead atoms. The van der Waals surface area contributed by atoms with Gasteiger partial charge in [0.15, 0.2) is 0 Å². The van der Waals surface area contributed by atoms with Gasteiger partial charge in [-0.1, -0.05) is 35.4 Å². The number of nitrogens with zero attached hydrogens (tertiary/aromatic N) is 2. The largest absolute Gasteiger partial charge is 0.326 e. The molecule has 1 aliphatic rings. The van der Waals surface area contributed by atoms with Crippen molar-refractivity contribution in [1.29, 1.82) is 0 Å². The maximum atomic E-state index is 12.8. The van der Waals surface area contributed by atoms with Gasteiger partial charge < -0.3 is 9.80 Å². The fourth-order valence-electron chi connectivity index (χ4n) is 2.70. The molecule has 4 nitrogen and oxygen atoms in total. The summed E-state index contributed by atoms with van der Waals surface area (Å²) in [6.45, 7) is 6.83. The molecule has 0 atom stereocenters. The van der Waals surface area contributed by atoms with Gasteiger partial charge in [-0.3, -0.25) is 9.59 Å². The van der Waals surface area contributed by atoms with Gasteiger partial charge in [0.2, 0.25) is 5.91 Å². The van der Waals surface area contributed by atoms with E-state index in [2.05, 4.69) is 32.9 Å². The van der Waals surface area contributed by atoms with Crippen LogP contribution in [0.1, 0.15) is 44.0 Å². The second kappa shape index (κ2) is 7.95. The van der Waals surface area contributed by atoms with Crippen molar-refractivity contribution in [2.45, 2.75) is 33.6 Å². The molecule has 0 aliphatic carbocycles. The Kier molecular flexibility index (Phi) is 5.96. The minimum atomic E-state index is -0.0864.